The average Bonchev–Trinajstić information content (AvgIpc) is 3.13. The molecule has 0 radical (unpaired) electrons. The lowest BCUT2D eigenvalue weighted by Gasteiger charge is -2.33. The lowest BCUT2D eigenvalue weighted by Crippen LogP contribution is -2.44. The maximum atomic E-state index is 12.9. The topological polar surface area (TPSA) is 103 Å². The molecule has 4 unspecified atom stereocenters. The van der Waals surface area contributed by atoms with Gasteiger partial charge < -0.3 is 5.32 Å². The monoisotopic (exact) mass is 410 g/mol. The molecule has 3 heterocycles. The number of nitrogens with one attached hydrogen (secondary N) is 3. The molecule has 8 heteroatoms. The van der Waals surface area contributed by atoms with Crippen molar-refractivity contribution in [2.75, 3.05) is 0 Å². The zero-order valence-electron chi connectivity index (χ0n) is 16.4. The van der Waals surface area contributed by atoms with Crippen LogP contribution in [0.25, 0.3) is 0 Å². The lowest BCUT2D eigenvalue weighted by atomic mass is 9.77. The van der Waals surface area contributed by atoms with Crippen LogP contribution in [0.2, 0.25) is 5.02 Å². The second-order valence-corrected chi connectivity index (χ2v) is 8.28. The van der Waals surface area contributed by atoms with Gasteiger partial charge in [0.15, 0.2) is 0 Å². The van der Waals surface area contributed by atoms with E-state index in [2.05, 4.69) is 32.2 Å². The van der Waals surface area contributed by atoms with Gasteiger partial charge in [-0.1, -0.05) is 11.6 Å². The number of nitrogens with zero attached hydrogens (tertiary/aromatic N) is 3. The molecule has 0 aromatic carbocycles. The van der Waals surface area contributed by atoms with Gasteiger partial charge in [-0.3, -0.25) is 15.2 Å². The largest absolute Gasteiger partial charge is 0.348 e. The predicted molar refractivity (Wildman–Crippen MR) is 109 cm³/mol. The summed E-state index contributed by atoms with van der Waals surface area (Å²) in [5.41, 5.74) is 10.2. The highest BCUT2D eigenvalue weighted by Gasteiger charge is 2.41. The third-order valence-electron chi connectivity index (χ3n) is 6.15. The molecule has 4 atom stereocenters. The number of halogens is 1. The van der Waals surface area contributed by atoms with Crippen LogP contribution in [0, 0.1) is 31.1 Å². The van der Waals surface area contributed by atoms with Gasteiger partial charge in [0, 0.05) is 30.7 Å². The summed E-state index contributed by atoms with van der Waals surface area (Å²) in [4.78, 5) is 21.3. The fourth-order valence-corrected chi connectivity index (χ4v) is 4.60. The predicted octanol–water partition coefficient (Wildman–Crippen LogP) is 2.73. The van der Waals surface area contributed by atoms with Crippen molar-refractivity contribution in [1.29, 1.82) is 5.26 Å². The molecule has 2 fully saturated rings. The van der Waals surface area contributed by atoms with E-state index >= 15 is 0 Å². The number of hydrogen-bond acceptors (Lipinski definition) is 6. The maximum Gasteiger partial charge on any atom is 0.270 e. The molecule has 150 valence electrons. The number of aromatic nitrogens is 2. The number of pyridine rings is 2. The zero-order valence-corrected chi connectivity index (χ0v) is 17.1. The second kappa shape index (κ2) is 8.07. The summed E-state index contributed by atoms with van der Waals surface area (Å²) in [6.07, 6.45) is 7.65. The molecule has 1 aliphatic heterocycles. The minimum absolute atomic E-state index is 0.0669. The Morgan fingerprint density at radius 2 is 2.07 bits per heavy atom. The first kappa shape index (κ1) is 19.8. The Balaban J connectivity index is 1.48. The SMILES string of the molecule is Cc1c(C#N)cnc(C(=O)NC2CCC3NNC(c4cncc(Cl)c4)C3C2)c1C. The molecule has 0 spiro atoms. The Bertz CT molecular complexity index is 988. The summed E-state index contributed by atoms with van der Waals surface area (Å²) in [5, 5.41) is 12.9. The first-order valence-electron chi connectivity index (χ1n) is 9.76. The fourth-order valence-electron chi connectivity index (χ4n) is 4.41. The van der Waals surface area contributed by atoms with E-state index in [0.717, 1.165) is 36.0 Å². The van der Waals surface area contributed by atoms with Crippen molar-refractivity contribution in [3.05, 3.63) is 57.6 Å². The van der Waals surface area contributed by atoms with Crippen LogP contribution < -0.4 is 16.2 Å². The van der Waals surface area contributed by atoms with Crippen LogP contribution in [0.5, 0.6) is 0 Å². The highest BCUT2D eigenvalue weighted by Crippen LogP contribution is 2.38. The summed E-state index contributed by atoms with van der Waals surface area (Å²) >= 11 is 6.12. The number of hydrogen-bond donors (Lipinski definition) is 3. The van der Waals surface area contributed by atoms with Crippen molar-refractivity contribution in [3.63, 3.8) is 0 Å². The Morgan fingerprint density at radius 1 is 1.24 bits per heavy atom. The third kappa shape index (κ3) is 3.84. The number of amides is 1. The van der Waals surface area contributed by atoms with Gasteiger partial charge in [0.25, 0.3) is 5.91 Å². The number of hydrazine groups is 1. The van der Waals surface area contributed by atoms with E-state index in [0.29, 0.717) is 28.2 Å². The normalized spacial score (nSPS) is 25.9. The molecule has 1 saturated carbocycles. The molecule has 2 aromatic rings. The van der Waals surface area contributed by atoms with Gasteiger partial charge in [-0.2, -0.15) is 5.26 Å². The summed E-state index contributed by atoms with van der Waals surface area (Å²) in [7, 11) is 0. The number of nitriles is 1. The first-order valence-corrected chi connectivity index (χ1v) is 10.1. The summed E-state index contributed by atoms with van der Waals surface area (Å²) in [6, 6.07) is 4.56. The van der Waals surface area contributed by atoms with Crippen molar-refractivity contribution >= 4 is 17.5 Å². The summed E-state index contributed by atoms with van der Waals surface area (Å²) in [6.45, 7) is 3.68. The number of rotatable bonds is 3. The molecule has 7 nitrogen and oxygen atoms in total. The molecule has 3 N–H and O–H groups in total. The summed E-state index contributed by atoms with van der Waals surface area (Å²) < 4.78 is 0. The Kier molecular flexibility index (Phi) is 5.50. The second-order valence-electron chi connectivity index (χ2n) is 7.84. The van der Waals surface area contributed by atoms with Gasteiger partial charge in [-0.25, -0.2) is 10.4 Å². The van der Waals surface area contributed by atoms with E-state index in [4.69, 9.17) is 16.9 Å². The molecule has 2 aromatic heterocycles. The van der Waals surface area contributed by atoms with Crippen molar-refractivity contribution in [1.82, 2.24) is 26.1 Å². The molecular weight excluding hydrogens is 388 g/mol. The summed E-state index contributed by atoms with van der Waals surface area (Å²) in [5.74, 6) is 0.143. The third-order valence-corrected chi connectivity index (χ3v) is 6.36. The van der Waals surface area contributed by atoms with Gasteiger partial charge in [0.05, 0.1) is 16.6 Å². The highest BCUT2D eigenvalue weighted by atomic mass is 35.5. The molecular formula is C21H23ClN6O. The van der Waals surface area contributed by atoms with Gasteiger partial charge in [-0.15, -0.1) is 0 Å². The van der Waals surface area contributed by atoms with Crippen molar-refractivity contribution < 1.29 is 4.79 Å². The van der Waals surface area contributed by atoms with E-state index in [1.807, 2.05) is 26.1 Å². The van der Waals surface area contributed by atoms with Crippen LogP contribution in [0.4, 0.5) is 0 Å². The molecule has 1 aliphatic carbocycles. The van der Waals surface area contributed by atoms with Crippen LogP contribution >= 0.6 is 11.6 Å². The van der Waals surface area contributed by atoms with Crippen LogP contribution in [-0.2, 0) is 0 Å². The smallest absolute Gasteiger partial charge is 0.270 e. The van der Waals surface area contributed by atoms with E-state index in [9.17, 15) is 4.79 Å². The van der Waals surface area contributed by atoms with E-state index in [1.165, 1.54) is 6.20 Å². The van der Waals surface area contributed by atoms with Crippen LogP contribution in [-0.4, -0.2) is 28.0 Å². The van der Waals surface area contributed by atoms with Crippen LogP contribution in [0.15, 0.2) is 24.7 Å². The molecule has 4 rings (SSSR count). The molecule has 2 aliphatic rings. The Labute approximate surface area is 174 Å². The van der Waals surface area contributed by atoms with E-state index in [1.54, 1.807) is 6.20 Å². The van der Waals surface area contributed by atoms with Crippen molar-refractivity contribution in [2.24, 2.45) is 5.92 Å². The van der Waals surface area contributed by atoms with Crippen molar-refractivity contribution in [3.8, 4) is 6.07 Å². The minimum atomic E-state index is -0.182. The molecule has 29 heavy (non-hydrogen) atoms. The first-order chi connectivity index (χ1) is 14.0. The van der Waals surface area contributed by atoms with Crippen LogP contribution in [0.3, 0.4) is 0 Å². The number of carbonyl (C=O) groups is 1. The molecule has 1 amide bonds. The lowest BCUT2D eigenvalue weighted by molar-refractivity contribution is 0.0909. The van der Waals surface area contributed by atoms with E-state index in [-0.39, 0.29) is 18.0 Å². The van der Waals surface area contributed by atoms with Gasteiger partial charge in [-0.05, 0) is 61.8 Å². The zero-order chi connectivity index (χ0) is 20.5. The van der Waals surface area contributed by atoms with Gasteiger partial charge in [0.1, 0.15) is 11.8 Å². The minimum Gasteiger partial charge on any atom is -0.348 e. The molecule has 1 saturated heterocycles. The number of carbonyl (C=O) groups excluding carboxylic acids is 1. The Hall–Kier alpha value is -2.53. The van der Waals surface area contributed by atoms with E-state index < -0.39 is 0 Å². The van der Waals surface area contributed by atoms with Crippen LogP contribution in [0.1, 0.15) is 58.0 Å². The quantitative estimate of drug-likeness (QED) is 0.719. The average molecular weight is 411 g/mol. The van der Waals surface area contributed by atoms with Gasteiger partial charge >= 0.3 is 0 Å². The van der Waals surface area contributed by atoms with Crippen molar-refractivity contribution in [2.45, 2.75) is 51.2 Å². The maximum absolute atomic E-state index is 12.9. The van der Waals surface area contributed by atoms with Gasteiger partial charge in [0.2, 0.25) is 0 Å². The fraction of sp³-hybridized carbons (Fsp3) is 0.429. The number of fused-ring (bicyclic) bond motifs is 1. The molecule has 0 bridgehead atoms. The Morgan fingerprint density at radius 3 is 2.83 bits per heavy atom. The highest BCUT2D eigenvalue weighted by molar-refractivity contribution is 6.30. The standard InChI is InChI=1S/C21H23ClN6O/c1-11-12(2)19(25-9-14(11)7-23)21(29)26-16-3-4-18-17(6-16)20(28-27-18)13-5-15(22)10-24-8-13/h5,8-10,16-18,20,27-28H,3-4,6H2,1-2H3,(H,26,29).